The van der Waals surface area contributed by atoms with E-state index < -0.39 is 8.07 Å². The number of hydrogen-bond donors (Lipinski definition) is 0. The van der Waals surface area contributed by atoms with Crippen LogP contribution in [0, 0.1) is 0 Å². The first-order valence-corrected chi connectivity index (χ1v) is 20.0. The Morgan fingerprint density at radius 3 is 1.44 bits per heavy atom. The van der Waals surface area contributed by atoms with E-state index in [-0.39, 0.29) is 0 Å². The number of fused-ring (bicyclic) bond motifs is 4. The van der Waals surface area contributed by atoms with Crippen LogP contribution in [0.3, 0.4) is 0 Å². The zero-order valence-corrected chi connectivity index (χ0v) is 27.7. The fraction of sp³-hybridized carbons (Fsp3) is 0.0698. The SMILES string of the molecule is C[Si](C)(C)c1ccc(-c2ccc(-c3ccc4cc(-c5ccc(-c6cccc7c6sc6ccccc67)cc5)ccc4c3)cc2)cc1. The Morgan fingerprint density at radius 1 is 0.400 bits per heavy atom. The molecule has 0 saturated heterocycles. The van der Waals surface area contributed by atoms with Gasteiger partial charge in [-0.15, -0.1) is 11.3 Å². The smallest absolute Gasteiger partial charge is 0.0775 e. The topological polar surface area (TPSA) is 0 Å². The number of benzene rings is 7. The third-order valence-electron chi connectivity index (χ3n) is 9.08. The molecule has 0 bridgehead atoms. The maximum atomic E-state index is 2.40. The first-order valence-electron chi connectivity index (χ1n) is 15.7. The fourth-order valence-corrected chi connectivity index (χ4v) is 8.84. The molecule has 0 atom stereocenters. The first-order chi connectivity index (χ1) is 21.9. The molecular weight excluding hydrogens is 577 g/mol. The average molecular weight is 611 g/mol. The predicted molar refractivity (Wildman–Crippen MR) is 202 cm³/mol. The molecule has 0 aliphatic heterocycles. The molecule has 0 amide bonds. The van der Waals surface area contributed by atoms with Crippen LogP contribution in [0.4, 0.5) is 0 Å². The van der Waals surface area contributed by atoms with Crippen LogP contribution in [0.2, 0.25) is 19.6 Å². The summed E-state index contributed by atoms with van der Waals surface area (Å²) in [6.07, 6.45) is 0. The number of thiophene rings is 1. The van der Waals surface area contributed by atoms with Crippen molar-refractivity contribution in [2.24, 2.45) is 0 Å². The maximum absolute atomic E-state index is 2.40. The van der Waals surface area contributed by atoms with Crippen molar-refractivity contribution in [2.75, 3.05) is 0 Å². The molecule has 0 saturated carbocycles. The van der Waals surface area contributed by atoms with Crippen molar-refractivity contribution < 1.29 is 0 Å². The molecule has 0 spiro atoms. The van der Waals surface area contributed by atoms with Gasteiger partial charge >= 0.3 is 0 Å². The minimum Gasteiger partial charge on any atom is -0.135 e. The zero-order valence-electron chi connectivity index (χ0n) is 25.8. The first kappa shape index (κ1) is 27.8. The minimum atomic E-state index is -1.28. The van der Waals surface area contributed by atoms with E-state index in [2.05, 4.69) is 171 Å². The van der Waals surface area contributed by atoms with Gasteiger partial charge in [0.1, 0.15) is 0 Å². The molecule has 216 valence electrons. The van der Waals surface area contributed by atoms with Crippen LogP contribution in [0.5, 0.6) is 0 Å². The van der Waals surface area contributed by atoms with Crippen LogP contribution in [0.1, 0.15) is 0 Å². The summed E-state index contributed by atoms with van der Waals surface area (Å²) in [5.74, 6) is 0. The van der Waals surface area contributed by atoms with Crippen molar-refractivity contribution in [3.05, 3.63) is 152 Å². The number of rotatable bonds is 5. The summed E-state index contributed by atoms with van der Waals surface area (Å²) in [4.78, 5) is 0. The maximum Gasteiger partial charge on any atom is 0.0775 e. The summed E-state index contributed by atoms with van der Waals surface area (Å²) < 4.78 is 2.70. The molecule has 0 unspecified atom stereocenters. The van der Waals surface area contributed by atoms with E-state index in [1.165, 1.54) is 80.6 Å². The Morgan fingerprint density at radius 2 is 0.867 bits per heavy atom. The van der Waals surface area contributed by atoms with Crippen molar-refractivity contribution >= 4 is 55.5 Å². The van der Waals surface area contributed by atoms with Crippen molar-refractivity contribution in [1.29, 1.82) is 0 Å². The molecule has 8 aromatic rings. The van der Waals surface area contributed by atoms with Gasteiger partial charge in [0.25, 0.3) is 0 Å². The van der Waals surface area contributed by atoms with E-state index in [0.29, 0.717) is 0 Å². The average Bonchev–Trinajstić information content (AvgIpc) is 3.47. The highest BCUT2D eigenvalue weighted by molar-refractivity contribution is 7.26. The highest BCUT2D eigenvalue weighted by Gasteiger charge is 2.16. The fourth-order valence-electron chi connectivity index (χ4n) is 6.44. The molecule has 7 aromatic carbocycles. The Kier molecular flexibility index (Phi) is 6.78. The lowest BCUT2D eigenvalue weighted by molar-refractivity contribution is 1.60. The van der Waals surface area contributed by atoms with Crippen LogP contribution in [0.25, 0.3) is 75.5 Å². The predicted octanol–water partition coefficient (Wildman–Crippen LogP) is 12.4. The van der Waals surface area contributed by atoms with E-state index in [1.54, 1.807) is 0 Å². The quantitative estimate of drug-likeness (QED) is 0.170. The van der Waals surface area contributed by atoms with Gasteiger partial charge in [-0.2, -0.15) is 0 Å². The van der Waals surface area contributed by atoms with Crippen molar-refractivity contribution in [2.45, 2.75) is 19.6 Å². The highest BCUT2D eigenvalue weighted by Crippen LogP contribution is 2.40. The van der Waals surface area contributed by atoms with E-state index in [1.807, 2.05) is 11.3 Å². The van der Waals surface area contributed by atoms with Crippen molar-refractivity contribution in [3.8, 4) is 44.5 Å². The van der Waals surface area contributed by atoms with Crippen molar-refractivity contribution in [3.63, 3.8) is 0 Å². The Balaban J connectivity index is 1.04. The lowest BCUT2D eigenvalue weighted by atomic mass is 9.95. The van der Waals surface area contributed by atoms with Gasteiger partial charge in [0.05, 0.1) is 8.07 Å². The number of hydrogen-bond acceptors (Lipinski definition) is 1. The monoisotopic (exact) mass is 610 g/mol. The van der Waals surface area contributed by atoms with Crippen LogP contribution in [-0.2, 0) is 0 Å². The molecule has 0 nitrogen and oxygen atoms in total. The lowest BCUT2D eigenvalue weighted by Crippen LogP contribution is -2.37. The summed E-state index contributed by atoms with van der Waals surface area (Å²) in [7, 11) is -1.28. The second kappa shape index (κ2) is 11.0. The normalized spacial score (nSPS) is 11.9. The Labute approximate surface area is 270 Å². The summed E-state index contributed by atoms with van der Waals surface area (Å²) in [6.45, 7) is 7.19. The Hall–Kier alpha value is -4.76. The molecule has 2 heteroatoms. The molecular formula is C43H34SSi. The summed E-state index contributed by atoms with van der Waals surface area (Å²) in [5, 5.41) is 6.70. The van der Waals surface area contributed by atoms with Gasteiger partial charge < -0.3 is 0 Å². The minimum absolute atomic E-state index is 1.24. The van der Waals surface area contributed by atoms with Crippen LogP contribution >= 0.6 is 11.3 Å². The highest BCUT2D eigenvalue weighted by atomic mass is 32.1. The molecule has 0 radical (unpaired) electrons. The van der Waals surface area contributed by atoms with Gasteiger partial charge in [0.2, 0.25) is 0 Å². The standard InChI is InChI=1S/C43H34SSi/c1-45(2,3)38-25-23-30(24-26-38)29-11-13-31(14-12-29)34-19-21-37-28-35(20-22-36(37)27-34)32-15-17-33(18-16-32)39-8-6-9-41-40-7-4-5-10-42(40)44-43(39)41/h4-28H,1-3H3. The molecule has 1 heterocycles. The van der Waals surface area contributed by atoms with Gasteiger partial charge in [-0.3, -0.25) is 0 Å². The van der Waals surface area contributed by atoms with E-state index in [4.69, 9.17) is 0 Å². The largest absolute Gasteiger partial charge is 0.135 e. The lowest BCUT2D eigenvalue weighted by Gasteiger charge is -2.16. The summed E-state index contributed by atoms with van der Waals surface area (Å²) >= 11 is 1.89. The summed E-state index contributed by atoms with van der Waals surface area (Å²) in [5.41, 5.74) is 10.1. The van der Waals surface area contributed by atoms with Gasteiger partial charge in [0.15, 0.2) is 0 Å². The molecule has 0 fully saturated rings. The van der Waals surface area contributed by atoms with Gasteiger partial charge in [-0.25, -0.2) is 0 Å². The van der Waals surface area contributed by atoms with E-state index >= 15 is 0 Å². The summed E-state index contributed by atoms with van der Waals surface area (Å²) in [6, 6.07) is 56.3. The Bertz CT molecular complexity index is 2320. The zero-order chi connectivity index (χ0) is 30.5. The third-order valence-corrected chi connectivity index (χ3v) is 12.4. The van der Waals surface area contributed by atoms with E-state index in [0.717, 1.165) is 0 Å². The molecule has 0 aliphatic rings. The van der Waals surface area contributed by atoms with Crippen molar-refractivity contribution in [1.82, 2.24) is 0 Å². The van der Waals surface area contributed by atoms with Gasteiger partial charge in [0, 0.05) is 20.2 Å². The van der Waals surface area contributed by atoms with Crippen LogP contribution < -0.4 is 5.19 Å². The molecule has 0 N–H and O–H groups in total. The van der Waals surface area contributed by atoms with Crippen LogP contribution in [-0.4, -0.2) is 8.07 Å². The second-order valence-electron chi connectivity index (χ2n) is 13.0. The third kappa shape index (κ3) is 5.21. The van der Waals surface area contributed by atoms with Gasteiger partial charge in [-0.1, -0.05) is 158 Å². The molecule has 8 rings (SSSR count). The molecule has 0 aliphatic carbocycles. The van der Waals surface area contributed by atoms with Gasteiger partial charge in [-0.05, 0) is 73.5 Å². The van der Waals surface area contributed by atoms with Crippen LogP contribution in [0.15, 0.2) is 152 Å². The second-order valence-corrected chi connectivity index (χ2v) is 19.2. The molecule has 1 aromatic heterocycles. The molecule has 45 heavy (non-hydrogen) atoms. The van der Waals surface area contributed by atoms with E-state index in [9.17, 15) is 0 Å².